The predicted molar refractivity (Wildman–Crippen MR) is 117 cm³/mol. The third-order valence-electron chi connectivity index (χ3n) is 9.39. The summed E-state index contributed by atoms with van der Waals surface area (Å²) in [5, 5.41) is 5.42. The van der Waals surface area contributed by atoms with Crippen LogP contribution in [0, 0.1) is 40.4 Å². The molecule has 2 N–H and O–H groups in total. The van der Waals surface area contributed by atoms with Crippen molar-refractivity contribution < 1.29 is 19.2 Å². The molecule has 0 aliphatic heterocycles. The summed E-state index contributed by atoms with van der Waals surface area (Å²) in [6, 6.07) is -0.420. The lowest BCUT2D eigenvalue weighted by molar-refractivity contribution is -0.158. The Morgan fingerprint density at radius 2 is 1.58 bits per heavy atom. The monoisotopic (exact) mass is 430 g/mol. The Morgan fingerprint density at radius 3 is 2.26 bits per heavy atom. The van der Waals surface area contributed by atoms with Crippen LogP contribution in [0.15, 0.2) is 0 Å². The number of nitrogens with one attached hydrogen (secondary N) is 2. The number of imide groups is 1. The van der Waals surface area contributed by atoms with E-state index in [9.17, 15) is 19.2 Å². The maximum atomic E-state index is 13.1. The van der Waals surface area contributed by atoms with Crippen LogP contribution in [0.5, 0.6) is 0 Å². The fourth-order valence-electron chi connectivity index (χ4n) is 7.95. The van der Waals surface area contributed by atoms with Gasteiger partial charge in [-0.2, -0.15) is 0 Å². The van der Waals surface area contributed by atoms with E-state index in [0.717, 1.165) is 44.9 Å². The van der Waals surface area contributed by atoms with Gasteiger partial charge in [0.25, 0.3) is 0 Å². The van der Waals surface area contributed by atoms with Gasteiger partial charge < -0.3 is 5.32 Å². The van der Waals surface area contributed by atoms with Crippen molar-refractivity contribution in [2.45, 2.75) is 91.5 Å². The molecule has 31 heavy (non-hydrogen) atoms. The van der Waals surface area contributed by atoms with Crippen molar-refractivity contribution in [2.24, 2.45) is 40.4 Å². The van der Waals surface area contributed by atoms with Crippen LogP contribution in [0.25, 0.3) is 0 Å². The Kier molecular flexibility index (Phi) is 5.37. The van der Waals surface area contributed by atoms with E-state index in [1.54, 1.807) is 0 Å². The van der Waals surface area contributed by atoms with Crippen molar-refractivity contribution >= 4 is 23.5 Å². The fourth-order valence-corrected chi connectivity index (χ4v) is 7.95. The van der Waals surface area contributed by atoms with Crippen LogP contribution in [0.2, 0.25) is 0 Å². The molecule has 6 nitrogen and oxygen atoms in total. The topological polar surface area (TPSA) is 92.3 Å². The summed E-state index contributed by atoms with van der Waals surface area (Å²) in [4.78, 5) is 50.0. The van der Waals surface area contributed by atoms with Crippen LogP contribution in [0.1, 0.15) is 86.0 Å². The summed E-state index contributed by atoms with van der Waals surface area (Å²) < 4.78 is 0. The summed E-state index contributed by atoms with van der Waals surface area (Å²) in [6.07, 6.45) is 6.77. The molecule has 5 unspecified atom stereocenters. The summed E-state index contributed by atoms with van der Waals surface area (Å²) in [6.45, 7) is 10.2. The molecule has 0 aromatic carbocycles. The second-order valence-electron chi connectivity index (χ2n) is 12.2. The lowest BCUT2D eigenvalue weighted by Gasteiger charge is -2.59. The Labute approximate surface area is 185 Å². The van der Waals surface area contributed by atoms with Gasteiger partial charge in [0, 0.05) is 23.8 Å². The highest BCUT2D eigenvalue weighted by Crippen LogP contribution is 2.66. The molecule has 0 saturated heterocycles. The molecule has 0 heterocycles. The Hall–Kier alpha value is -1.72. The van der Waals surface area contributed by atoms with Gasteiger partial charge >= 0.3 is 6.03 Å². The Balaban J connectivity index is 1.50. The van der Waals surface area contributed by atoms with Crippen LogP contribution in [0.4, 0.5) is 4.79 Å². The molecule has 6 heteroatoms. The molecule has 4 aliphatic carbocycles. The zero-order valence-corrected chi connectivity index (χ0v) is 19.7. The van der Waals surface area contributed by atoms with Gasteiger partial charge in [-0.3, -0.25) is 19.7 Å². The van der Waals surface area contributed by atoms with Crippen LogP contribution >= 0.6 is 0 Å². The Morgan fingerprint density at radius 1 is 0.903 bits per heavy atom. The normalized spacial score (nSPS) is 42.3. The molecular formula is C25H38N2O4. The molecule has 0 radical (unpaired) electrons. The third kappa shape index (κ3) is 3.64. The first-order valence-corrected chi connectivity index (χ1v) is 12.1. The quantitative estimate of drug-likeness (QED) is 0.615. The van der Waals surface area contributed by atoms with Crippen LogP contribution in [-0.2, 0) is 14.4 Å². The first-order valence-electron chi connectivity index (χ1n) is 12.1. The first kappa shape index (κ1) is 22.5. The van der Waals surface area contributed by atoms with Gasteiger partial charge in [-0.1, -0.05) is 13.8 Å². The molecule has 4 saturated carbocycles. The summed E-state index contributed by atoms with van der Waals surface area (Å²) >= 11 is 0. The number of carbonyl (C=O) groups excluding carboxylic acids is 4. The predicted octanol–water partition coefficient (Wildman–Crippen LogP) is 4.02. The molecule has 7 atom stereocenters. The molecule has 0 aromatic rings. The van der Waals surface area contributed by atoms with E-state index >= 15 is 0 Å². The van der Waals surface area contributed by atoms with Gasteiger partial charge in [0.05, 0.1) is 0 Å². The second-order valence-corrected chi connectivity index (χ2v) is 12.2. The first-order chi connectivity index (χ1) is 14.4. The van der Waals surface area contributed by atoms with Crippen molar-refractivity contribution in [1.29, 1.82) is 0 Å². The minimum Gasteiger partial charge on any atom is -0.333 e. The van der Waals surface area contributed by atoms with Gasteiger partial charge in [0.2, 0.25) is 11.7 Å². The van der Waals surface area contributed by atoms with E-state index in [0.29, 0.717) is 24.2 Å². The van der Waals surface area contributed by atoms with Crippen LogP contribution < -0.4 is 10.6 Å². The molecule has 4 fully saturated rings. The van der Waals surface area contributed by atoms with E-state index < -0.39 is 11.6 Å². The maximum absolute atomic E-state index is 13.1. The average molecular weight is 431 g/mol. The van der Waals surface area contributed by atoms with E-state index in [1.165, 1.54) is 0 Å². The molecule has 0 bridgehead atoms. The zero-order valence-electron chi connectivity index (χ0n) is 19.7. The van der Waals surface area contributed by atoms with Gasteiger partial charge in [0.15, 0.2) is 5.78 Å². The number of hydrogen-bond acceptors (Lipinski definition) is 4. The van der Waals surface area contributed by atoms with Gasteiger partial charge in [0.1, 0.15) is 0 Å². The lowest BCUT2D eigenvalue weighted by Crippen LogP contribution is -2.57. The lowest BCUT2D eigenvalue weighted by atomic mass is 9.44. The smallest absolute Gasteiger partial charge is 0.321 e. The van der Waals surface area contributed by atoms with E-state index in [4.69, 9.17) is 0 Å². The molecule has 0 aromatic heterocycles. The number of Topliss-reactive ketones (excluding diaryl/α,β-unsaturated/α-hetero) is 2. The molecular weight excluding hydrogens is 392 g/mol. The standard InChI is InChI=1S/C25H38N2O4/c1-23(2,3)27-22(31)26-21(30)18-9-8-15-14-6-7-17-20(29)19(28)11-13-24(17,4)16(14)10-12-25(15,18)5/h14-18H,6-13H2,1-5H3,(H2,26,27,30,31)/t14?,15?,16?,17?,18?,24-,25+/m1/s1. The van der Waals surface area contributed by atoms with Crippen molar-refractivity contribution in [2.75, 3.05) is 0 Å². The van der Waals surface area contributed by atoms with Gasteiger partial charge in [-0.25, -0.2) is 4.79 Å². The molecule has 4 rings (SSSR count). The minimum atomic E-state index is -0.420. The van der Waals surface area contributed by atoms with E-state index in [2.05, 4.69) is 24.5 Å². The van der Waals surface area contributed by atoms with Crippen molar-refractivity contribution in [1.82, 2.24) is 10.6 Å². The number of rotatable bonds is 1. The van der Waals surface area contributed by atoms with Crippen LogP contribution in [0.3, 0.4) is 0 Å². The summed E-state index contributed by atoms with van der Waals surface area (Å²) in [5.74, 6) is 0.684. The third-order valence-corrected chi connectivity index (χ3v) is 9.39. The highest BCUT2D eigenvalue weighted by Gasteiger charge is 2.62. The van der Waals surface area contributed by atoms with Gasteiger partial charge in [-0.05, 0) is 94.3 Å². The zero-order chi connectivity index (χ0) is 22.8. The summed E-state index contributed by atoms with van der Waals surface area (Å²) in [5.41, 5.74) is -0.579. The van der Waals surface area contributed by atoms with Crippen LogP contribution in [-0.4, -0.2) is 29.0 Å². The number of hydrogen-bond donors (Lipinski definition) is 2. The van der Waals surface area contributed by atoms with Crippen molar-refractivity contribution in [3.8, 4) is 0 Å². The van der Waals surface area contributed by atoms with E-state index in [1.807, 2.05) is 20.8 Å². The number of urea groups is 1. The number of carbonyl (C=O) groups is 4. The molecule has 4 aliphatic rings. The maximum Gasteiger partial charge on any atom is 0.321 e. The Bertz CT molecular complexity index is 815. The largest absolute Gasteiger partial charge is 0.333 e. The van der Waals surface area contributed by atoms with E-state index in [-0.39, 0.29) is 40.1 Å². The second kappa shape index (κ2) is 7.41. The number of amides is 3. The average Bonchev–Trinajstić information content (AvgIpc) is 3.01. The fraction of sp³-hybridized carbons (Fsp3) is 0.840. The minimum absolute atomic E-state index is 0.0812. The summed E-state index contributed by atoms with van der Waals surface area (Å²) in [7, 11) is 0. The van der Waals surface area contributed by atoms with Gasteiger partial charge in [-0.15, -0.1) is 0 Å². The highest BCUT2D eigenvalue weighted by atomic mass is 16.2. The molecule has 172 valence electrons. The molecule has 3 amide bonds. The SMILES string of the molecule is CC(C)(C)NC(=O)NC(=O)C1CCC2C3CCC4C(=O)C(=O)CC[C@]4(C)C3CC[C@]12C. The number of fused-ring (bicyclic) bond motifs is 5. The highest BCUT2D eigenvalue weighted by molar-refractivity contribution is 6.38. The van der Waals surface area contributed by atoms with Crippen molar-refractivity contribution in [3.05, 3.63) is 0 Å². The molecule has 0 spiro atoms. The van der Waals surface area contributed by atoms with Crippen molar-refractivity contribution in [3.63, 3.8) is 0 Å². The number of ketones is 2.